The Labute approximate surface area is 167 Å². The summed E-state index contributed by atoms with van der Waals surface area (Å²) in [6, 6.07) is 26.3. The van der Waals surface area contributed by atoms with Crippen LogP contribution in [0.3, 0.4) is 0 Å². The molecule has 0 saturated carbocycles. The predicted octanol–water partition coefficient (Wildman–Crippen LogP) is 5.92. The summed E-state index contributed by atoms with van der Waals surface area (Å²) in [5, 5.41) is 6.30. The van der Waals surface area contributed by atoms with E-state index >= 15 is 0 Å². The van der Waals surface area contributed by atoms with Crippen LogP contribution in [0.15, 0.2) is 78.9 Å². The van der Waals surface area contributed by atoms with E-state index in [0.29, 0.717) is 0 Å². The molecule has 0 radical (unpaired) electrons. The zero-order chi connectivity index (χ0) is 19.8. The zero-order valence-electron chi connectivity index (χ0n) is 16.6. The molecule has 0 aliphatic heterocycles. The second-order valence-corrected chi connectivity index (χ2v) is 6.91. The van der Waals surface area contributed by atoms with Crippen molar-refractivity contribution in [1.82, 2.24) is 5.32 Å². The molecule has 0 fully saturated rings. The number of amides is 2. The van der Waals surface area contributed by atoms with E-state index in [9.17, 15) is 4.79 Å². The lowest BCUT2D eigenvalue weighted by Gasteiger charge is -2.21. The van der Waals surface area contributed by atoms with E-state index in [-0.39, 0.29) is 12.1 Å². The number of para-hydroxylation sites is 1. The maximum atomic E-state index is 12.9. The van der Waals surface area contributed by atoms with Crippen molar-refractivity contribution in [1.29, 1.82) is 0 Å². The summed E-state index contributed by atoms with van der Waals surface area (Å²) in [5.41, 5.74) is 5.56. The molecule has 0 aliphatic carbocycles. The lowest BCUT2D eigenvalue weighted by Crippen LogP contribution is -2.34. The molecule has 144 valence electrons. The molecule has 3 rings (SSSR count). The molecule has 0 bridgehead atoms. The average Bonchev–Trinajstić information content (AvgIpc) is 2.74. The zero-order valence-corrected chi connectivity index (χ0v) is 16.6. The van der Waals surface area contributed by atoms with Crippen LogP contribution in [-0.4, -0.2) is 6.03 Å². The summed E-state index contributed by atoms with van der Waals surface area (Å²) in [6.45, 7) is 4.22. The first-order valence-electron chi connectivity index (χ1n) is 9.98. The van der Waals surface area contributed by atoms with Crippen molar-refractivity contribution in [3.05, 3.63) is 101 Å². The second kappa shape index (κ2) is 9.75. The molecule has 3 aromatic rings. The van der Waals surface area contributed by atoms with Crippen molar-refractivity contribution < 1.29 is 4.79 Å². The van der Waals surface area contributed by atoms with E-state index in [1.54, 1.807) is 0 Å². The third-order valence-electron chi connectivity index (χ3n) is 5.03. The van der Waals surface area contributed by atoms with Crippen molar-refractivity contribution in [2.75, 3.05) is 5.32 Å². The summed E-state index contributed by atoms with van der Waals surface area (Å²) < 4.78 is 0. The minimum Gasteiger partial charge on any atom is -0.331 e. The van der Waals surface area contributed by atoms with Crippen molar-refractivity contribution in [2.24, 2.45) is 0 Å². The molecular weight excluding hydrogens is 344 g/mol. The van der Waals surface area contributed by atoms with Crippen molar-refractivity contribution in [3.8, 4) is 0 Å². The Morgan fingerprint density at radius 2 is 1.36 bits per heavy atom. The standard InChI is InChI=1S/C25H28N2O/c1-3-20-16-11-17-21(4-2)24(20)27-25(28)26-23(22-14-9-6-10-15-22)18-19-12-7-5-8-13-19/h5-17,23H,3-4,18H2,1-2H3,(H2,26,27,28). The van der Waals surface area contributed by atoms with Crippen molar-refractivity contribution >= 4 is 11.7 Å². The van der Waals surface area contributed by atoms with Gasteiger partial charge < -0.3 is 10.6 Å². The smallest absolute Gasteiger partial charge is 0.319 e. The van der Waals surface area contributed by atoms with E-state index in [0.717, 1.165) is 41.6 Å². The summed E-state index contributed by atoms with van der Waals surface area (Å²) in [7, 11) is 0. The van der Waals surface area contributed by atoms with E-state index < -0.39 is 0 Å². The van der Waals surface area contributed by atoms with Gasteiger partial charge in [-0.3, -0.25) is 0 Å². The van der Waals surface area contributed by atoms with Crippen molar-refractivity contribution in [3.63, 3.8) is 0 Å². The Morgan fingerprint density at radius 1 is 0.786 bits per heavy atom. The van der Waals surface area contributed by atoms with Gasteiger partial charge in [0, 0.05) is 5.69 Å². The largest absolute Gasteiger partial charge is 0.331 e. The number of anilines is 1. The highest BCUT2D eigenvalue weighted by Crippen LogP contribution is 2.23. The highest BCUT2D eigenvalue weighted by atomic mass is 16.2. The number of hydrogen-bond acceptors (Lipinski definition) is 1. The van der Waals surface area contributed by atoms with Gasteiger partial charge >= 0.3 is 6.03 Å². The molecule has 0 heterocycles. The molecule has 0 spiro atoms. The second-order valence-electron chi connectivity index (χ2n) is 6.91. The number of urea groups is 1. The van der Waals surface area contributed by atoms with E-state index in [1.807, 2.05) is 36.4 Å². The van der Waals surface area contributed by atoms with Crippen LogP contribution in [0, 0.1) is 0 Å². The number of rotatable bonds is 7. The maximum Gasteiger partial charge on any atom is 0.319 e. The molecule has 0 aliphatic rings. The number of hydrogen-bond donors (Lipinski definition) is 2. The lowest BCUT2D eigenvalue weighted by molar-refractivity contribution is 0.248. The van der Waals surface area contributed by atoms with Crippen LogP contribution >= 0.6 is 0 Å². The van der Waals surface area contributed by atoms with E-state index in [1.165, 1.54) is 5.56 Å². The number of aryl methyl sites for hydroxylation is 2. The fourth-order valence-corrected chi connectivity index (χ4v) is 3.50. The van der Waals surface area contributed by atoms with Crippen LogP contribution in [-0.2, 0) is 19.3 Å². The van der Waals surface area contributed by atoms with Gasteiger partial charge in [0.05, 0.1) is 6.04 Å². The SMILES string of the molecule is CCc1cccc(CC)c1NC(=O)NC(Cc1ccccc1)c1ccccc1. The first kappa shape index (κ1) is 19.7. The van der Waals surface area contributed by atoms with Gasteiger partial charge in [-0.15, -0.1) is 0 Å². The van der Waals surface area contributed by atoms with Gasteiger partial charge in [0.1, 0.15) is 0 Å². The van der Waals surface area contributed by atoms with Crippen LogP contribution < -0.4 is 10.6 Å². The molecular formula is C25H28N2O. The molecule has 3 heteroatoms. The Kier molecular flexibility index (Phi) is 6.85. The highest BCUT2D eigenvalue weighted by Gasteiger charge is 2.17. The van der Waals surface area contributed by atoms with Crippen LogP contribution in [0.25, 0.3) is 0 Å². The summed E-state index contributed by atoms with van der Waals surface area (Å²) in [5.74, 6) is 0. The van der Waals surface area contributed by atoms with Crippen LogP contribution in [0.4, 0.5) is 10.5 Å². The molecule has 28 heavy (non-hydrogen) atoms. The van der Waals surface area contributed by atoms with Gasteiger partial charge in [0.15, 0.2) is 0 Å². The van der Waals surface area contributed by atoms with Gasteiger partial charge in [-0.2, -0.15) is 0 Å². The number of carbonyl (C=O) groups is 1. The fraction of sp³-hybridized carbons (Fsp3) is 0.240. The number of benzene rings is 3. The molecule has 0 aromatic heterocycles. The normalized spacial score (nSPS) is 11.6. The lowest BCUT2D eigenvalue weighted by atomic mass is 9.99. The molecule has 1 atom stereocenters. The third kappa shape index (κ3) is 5.01. The van der Waals surface area contributed by atoms with Crippen molar-refractivity contribution in [2.45, 2.75) is 39.2 Å². The van der Waals surface area contributed by atoms with Gasteiger partial charge in [0.2, 0.25) is 0 Å². The van der Waals surface area contributed by atoms with E-state index in [4.69, 9.17) is 0 Å². The Balaban J connectivity index is 1.80. The van der Waals surface area contributed by atoms with Gasteiger partial charge in [0.25, 0.3) is 0 Å². The maximum absolute atomic E-state index is 12.9. The number of nitrogens with one attached hydrogen (secondary N) is 2. The Hall–Kier alpha value is -3.07. The predicted molar refractivity (Wildman–Crippen MR) is 117 cm³/mol. The first-order chi connectivity index (χ1) is 13.7. The molecule has 3 aromatic carbocycles. The molecule has 2 amide bonds. The molecule has 2 N–H and O–H groups in total. The summed E-state index contributed by atoms with van der Waals surface area (Å²) >= 11 is 0. The number of carbonyl (C=O) groups excluding carboxylic acids is 1. The average molecular weight is 373 g/mol. The van der Waals surface area contributed by atoms with Gasteiger partial charge in [-0.1, -0.05) is 92.7 Å². The summed E-state index contributed by atoms with van der Waals surface area (Å²) in [4.78, 5) is 12.9. The van der Waals surface area contributed by atoms with Gasteiger partial charge in [-0.05, 0) is 41.5 Å². The third-order valence-corrected chi connectivity index (χ3v) is 5.03. The minimum atomic E-state index is -0.166. The fourth-order valence-electron chi connectivity index (χ4n) is 3.50. The van der Waals surface area contributed by atoms with Crippen LogP contribution in [0.1, 0.15) is 42.1 Å². The first-order valence-corrected chi connectivity index (χ1v) is 9.98. The van der Waals surface area contributed by atoms with E-state index in [2.05, 4.69) is 66.9 Å². The monoisotopic (exact) mass is 372 g/mol. The minimum absolute atomic E-state index is 0.0949. The van der Waals surface area contributed by atoms with Gasteiger partial charge in [-0.25, -0.2) is 4.79 Å². The quantitative estimate of drug-likeness (QED) is 0.531. The Bertz CT molecular complexity index is 869. The highest BCUT2D eigenvalue weighted by molar-refractivity contribution is 5.91. The topological polar surface area (TPSA) is 41.1 Å². The van der Waals surface area contributed by atoms with Crippen LogP contribution in [0.5, 0.6) is 0 Å². The Morgan fingerprint density at radius 3 is 1.93 bits per heavy atom. The molecule has 1 unspecified atom stereocenters. The summed E-state index contributed by atoms with van der Waals surface area (Å²) in [6.07, 6.45) is 2.51. The van der Waals surface area contributed by atoms with Crippen LogP contribution in [0.2, 0.25) is 0 Å². The molecule has 0 saturated heterocycles. The molecule has 3 nitrogen and oxygen atoms in total.